The van der Waals surface area contributed by atoms with Crippen LogP contribution in [0.4, 0.5) is 0 Å². The van der Waals surface area contributed by atoms with Gasteiger partial charge in [-0.1, -0.05) is 33.1 Å². The average Bonchev–Trinajstić information content (AvgIpc) is 2.17. The van der Waals surface area contributed by atoms with E-state index in [1.54, 1.807) is 0 Å². The molecule has 13 heavy (non-hydrogen) atoms. The molecule has 0 aliphatic carbocycles. The normalized spacial score (nSPS) is 15.3. The van der Waals surface area contributed by atoms with Gasteiger partial charge < -0.3 is 9.84 Å². The summed E-state index contributed by atoms with van der Waals surface area (Å²) < 4.78 is 4.93. The minimum atomic E-state index is -1.24. The van der Waals surface area contributed by atoms with Crippen LogP contribution in [0.3, 0.4) is 0 Å². The molecule has 3 nitrogen and oxygen atoms in total. The van der Waals surface area contributed by atoms with E-state index in [1.807, 2.05) is 0 Å². The number of aldehydes is 1. The van der Waals surface area contributed by atoms with Crippen molar-refractivity contribution in [2.24, 2.45) is 5.92 Å². The van der Waals surface area contributed by atoms with Crippen LogP contribution in [0.1, 0.15) is 39.5 Å². The van der Waals surface area contributed by atoms with Gasteiger partial charge in [0.05, 0.1) is 6.61 Å². The molecule has 0 fully saturated rings. The summed E-state index contributed by atoms with van der Waals surface area (Å²) >= 11 is 0. The maximum Gasteiger partial charge on any atom is 0.212 e. The van der Waals surface area contributed by atoms with Crippen LogP contribution in [0.15, 0.2) is 0 Å². The van der Waals surface area contributed by atoms with Gasteiger partial charge in [0.2, 0.25) is 6.29 Å². The van der Waals surface area contributed by atoms with Crippen molar-refractivity contribution in [3.63, 3.8) is 0 Å². The van der Waals surface area contributed by atoms with Crippen LogP contribution in [-0.2, 0) is 9.53 Å². The quantitative estimate of drug-likeness (QED) is 0.466. The minimum Gasteiger partial charge on any atom is -0.362 e. The molecule has 0 aliphatic heterocycles. The molecule has 2 atom stereocenters. The summed E-state index contributed by atoms with van der Waals surface area (Å²) in [6.45, 7) is 4.72. The van der Waals surface area contributed by atoms with Crippen molar-refractivity contribution in [1.82, 2.24) is 0 Å². The average molecular weight is 188 g/mol. The Bertz CT molecular complexity index is 125. The van der Waals surface area contributed by atoms with Crippen LogP contribution in [0.2, 0.25) is 0 Å². The number of aliphatic hydroxyl groups is 1. The molecule has 2 unspecified atom stereocenters. The molecular formula is C10H20O3. The third kappa shape index (κ3) is 6.72. The standard InChI is InChI=1S/C10H20O3/c1-3-5-6-9(4-2)8-13-10(12)7-11/h7,9-10,12H,3-6,8H2,1-2H3. The summed E-state index contributed by atoms with van der Waals surface area (Å²) in [6.07, 6.45) is 3.67. The van der Waals surface area contributed by atoms with Gasteiger partial charge in [0.25, 0.3) is 0 Å². The van der Waals surface area contributed by atoms with Crippen molar-refractivity contribution in [3.8, 4) is 0 Å². The Balaban J connectivity index is 3.52. The van der Waals surface area contributed by atoms with Crippen molar-refractivity contribution in [2.45, 2.75) is 45.8 Å². The van der Waals surface area contributed by atoms with Gasteiger partial charge in [0, 0.05) is 0 Å². The molecule has 0 aromatic heterocycles. The van der Waals surface area contributed by atoms with Crippen LogP contribution in [-0.4, -0.2) is 24.3 Å². The number of unbranched alkanes of at least 4 members (excludes halogenated alkanes) is 1. The van der Waals surface area contributed by atoms with E-state index in [1.165, 1.54) is 12.8 Å². The van der Waals surface area contributed by atoms with Gasteiger partial charge in [-0.2, -0.15) is 0 Å². The summed E-state index contributed by atoms with van der Waals surface area (Å²) in [5, 5.41) is 8.84. The molecule has 0 saturated carbocycles. The Morgan fingerprint density at radius 1 is 1.46 bits per heavy atom. The fourth-order valence-corrected chi connectivity index (χ4v) is 1.17. The topological polar surface area (TPSA) is 46.5 Å². The molecule has 0 heterocycles. The number of rotatable bonds is 8. The van der Waals surface area contributed by atoms with Gasteiger partial charge in [0.1, 0.15) is 0 Å². The fourth-order valence-electron chi connectivity index (χ4n) is 1.17. The van der Waals surface area contributed by atoms with Crippen LogP contribution in [0, 0.1) is 5.92 Å². The zero-order valence-electron chi connectivity index (χ0n) is 8.53. The number of aliphatic hydroxyl groups excluding tert-OH is 1. The van der Waals surface area contributed by atoms with E-state index < -0.39 is 6.29 Å². The lowest BCUT2D eigenvalue weighted by atomic mass is 10.0. The van der Waals surface area contributed by atoms with Crippen molar-refractivity contribution >= 4 is 6.29 Å². The number of ether oxygens (including phenoxy) is 1. The highest BCUT2D eigenvalue weighted by atomic mass is 16.6. The zero-order chi connectivity index (χ0) is 10.1. The predicted octanol–water partition coefficient (Wildman–Crippen LogP) is 1.74. The summed E-state index contributed by atoms with van der Waals surface area (Å²) in [7, 11) is 0. The van der Waals surface area contributed by atoms with E-state index in [0.29, 0.717) is 18.8 Å². The Hall–Kier alpha value is -0.410. The highest BCUT2D eigenvalue weighted by Gasteiger charge is 2.08. The van der Waals surface area contributed by atoms with E-state index >= 15 is 0 Å². The highest BCUT2D eigenvalue weighted by Crippen LogP contribution is 2.12. The third-order valence-electron chi connectivity index (χ3n) is 2.16. The second kappa shape index (κ2) is 8.20. The summed E-state index contributed by atoms with van der Waals surface area (Å²) in [4.78, 5) is 10.0. The molecule has 0 radical (unpaired) electrons. The Morgan fingerprint density at radius 2 is 2.15 bits per heavy atom. The maximum atomic E-state index is 10.0. The fraction of sp³-hybridized carbons (Fsp3) is 0.900. The number of hydrogen-bond donors (Lipinski definition) is 1. The lowest BCUT2D eigenvalue weighted by Crippen LogP contribution is -2.18. The maximum absolute atomic E-state index is 10.0. The molecule has 78 valence electrons. The van der Waals surface area contributed by atoms with Crippen molar-refractivity contribution in [2.75, 3.05) is 6.61 Å². The van der Waals surface area contributed by atoms with Crippen LogP contribution in [0.5, 0.6) is 0 Å². The van der Waals surface area contributed by atoms with Gasteiger partial charge in [-0.3, -0.25) is 4.79 Å². The van der Waals surface area contributed by atoms with E-state index in [4.69, 9.17) is 9.84 Å². The van der Waals surface area contributed by atoms with E-state index in [0.717, 1.165) is 12.8 Å². The number of carbonyl (C=O) groups is 1. The largest absolute Gasteiger partial charge is 0.362 e. The molecule has 0 spiro atoms. The van der Waals surface area contributed by atoms with Crippen LogP contribution in [0.25, 0.3) is 0 Å². The van der Waals surface area contributed by atoms with Crippen LogP contribution >= 0.6 is 0 Å². The summed E-state index contributed by atoms with van der Waals surface area (Å²) in [6, 6.07) is 0. The Kier molecular flexibility index (Phi) is 7.94. The molecule has 0 amide bonds. The number of carbonyl (C=O) groups excluding carboxylic acids is 1. The molecule has 0 aromatic rings. The van der Waals surface area contributed by atoms with E-state index in [-0.39, 0.29) is 0 Å². The monoisotopic (exact) mass is 188 g/mol. The van der Waals surface area contributed by atoms with Gasteiger partial charge in [0.15, 0.2) is 6.29 Å². The first-order valence-electron chi connectivity index (χ1n) is 4.99. The predicted molar refractivity (Wildman–Crippen MR) is 51.3 cm³/mol. The first kappa shape index (κ1) is 12.6. The molecule has 0 saturated heterocycles. The molecule has 0 rings (SSSR count). The smallest absolute Gasteiger partial charge is 0.212 e. The zero-order valence-corrected chi connectivity index (χ0v) is 8.53. The second-order valence-electron chi connectivity index (χ2n) is 3.28. The SMILES string of the molecule is CCCCC(CC)COC(O)C=O. The number of hydrogen-bond acceptors (Lipinski definition) is 3. The van der Waals surface area contributed by atoms with Crippen LogP contribution < -0.4 is 0 Å². The first-order valence-corrected chi connectivity index (χ1v) is 4.99. The summed E-state index contributed by atoms with van der Waals surface area (Å²) in [5.41, 5.74) is 0. The molecule has 0 aliphatic rings. The summed E-state index contributed by atoms with van der Waals surface area (Å²) in [5.74, 6) is 0.467. The third-order valence-corrected chi connectivity index (χ3v) is 2.16. The van der Waals surface area contributed by atoms with Gasteiger partial charge >= 0.3 is 0 Å². The molecule has 1 N–H and O–H groups in total. The Labute approximate surface area is 80.1 Å². The van der Waals surface area contributed by atoms with Gasteiger partial charge in [-0.05, 0) is 12.3 Å². The van der Waals surface area contributed by atoms with Gasteiger partial charge in [-0.15, -0.1) is 0 Å². The molecule has 3 heteroatoms. The molecular weight excluding hydrogens is 168 g/mol. The van der Waals surface area contributed by atoms with Crippen molar-refractivity contribution < 1.29 is 14.6 Å². The lowest BCUT2D eigenvalue weighted by molar-refractivity contribution is -0.145. The molecule has 0 aromatic carbocycles. The first-order chi connectivity index (χ1) is 6.24. The van der Waals surface area contributed by atoms with E-state index in [9.17, 15) is 4.79 Å². The van der Waals surface area contributed by atoms with Gasteiger partial charge in [-0.25, -0.2) is 0 Å². The molecule has 0 bridgehead atoms. The van der Waals surface area contributed by atoms with Crippen molar-refractivity contribution in [3.05, 3.63) is 0 Å². The Morgan fingerprint density at radius 3 is 2.62 bits per heavy atom. The highest BCUT2D eigenvalue weighted by molar-refractivity contribution is 5.53. The second-order valence-corrected chi connectivity index (χ2v) is 3.28. The minimum absolute atomic E-state index is 0.409. The lowest BCUT2D eigenvalue weighted by Gasteiger charge is -2.15. The van der Waals surface area contributed by atoms with E-state index in [2.05, 4.69) is 13.8 Å². The van der Waals surface area contributed by atoms with Crippen molar-refractivity contribution in [1.29, 1.82) is 0 Å².